The monoisotopic (exact) mass is 438 g/mol. The summed E-state index contributed by atoms with van der Waals surface area (Å²) in [6.45, 7) is 4.70. The van der Waals surface area contributed by atoms with Crippen LogP contribution in [0.3, 0.4) is 0 Å². The van der Waals surface area contributed by atoms with Crippen LogP contribution in [-0.4, -0.2) is 59.2 Å². The minimum absolute atomic E-state index is 0.0153. The number of pyridine rings is 1. The van der Waals surface area contributed by atoms with Gasteiger partial charge in [-0.25, -0.2) is 10.5 Å². The number of carbonyl (C=O) groups is 2. The predicted octanol–water partition coefficient (Wildman–Crippen LogP) is 2.41. The molecule has 8 nitrogen and oxygen atoms in total. The minimum atomic E-state index is -0.636. The molecule has 1 saturated carbocycles. The number of aromatic nitrogens is 1. The molecule has 3 atom stereocenters. The third kappa shape index (κ3) is 5.02. The Morgan fingerprint density at radius 1 is 1.06 bits per heavy atom. The smallest absolute Gasteiger partial charge is 0.247 e. The number of benzene rings is 1. The Bertz CT molecular complexity index is 931. The number of hydroxylamine groups is 1. The highest BCUT2D eigenvalue weighted by Gasteiger charge is 2.42. The summed E-state index contributed by atoms with van der Waals surface area (Å²) in [5.74, 6) is -1.13. The van der Waals surface area contributed by atoms with Gasteiger partial charge in [-0.05, 0) is 49.9 Å². The highest BCUT2D eigenvalue weighted by molar-refractivity contribution is 5.87. The highest BCUT2D eigenvalue weighted by Crippen LogP contribution is 2.34. The second kappa shape index (κ2) is 9.99. The van der Waals surface area contributed by atoms with E-state index in [1.165, 1.54) is 0 Å². The molecule has 1 aliphatic heterocycles. The molecule has 0 spiro atoms. The fraction of sp³-hybridized carbons (Fsp3) is 0.458. The van der Waals surface area contributed by atoms with E-state index in [9.17, 15) is 14.8 Å². The number of anilines is 1. The number of nitrogens with one attached hydrogen (secondary N) is 1. The zero-order chi connectivity index (χ0) is 22.5. The van der Waals surface area contributed by atoms with Crippen LogP contribution in [0, 0.1) is 18.8 Å². The van der Waals surface area contributed by atoms with Crippen molar-refractivity contribution in [2.45, 2.75) is 32.3 Å². The molecule has 0 radical (unpaired) electrons. The number of ether oxygens (including phenoxy) is 1. The van der Waals surface area contributed by atoms with Crippen molar-refractivity contribution >= 4 is 17.5 Å². The Morgan fingerprint density at radius 2 is 1.81 bits per heavy atom. The van der Waals surface area contributed by atoms with E-state index >= 15 is 0 Å². The van der Waals surface area contributed by atoms with Crippen LogP contribution < -0.4 is 15.1 Å². The number of hydrogen-bond donors (Lipinski definition) is 2. The molecule has 2 heterocycles. The zero-order valence-corrected chi connectivity index (χ0v) is 18.3. The van der Waals surface area contributed by atoms with Crippen LogP contribution >= 0.6 is 0 Å². The number of piperazine rings is 1. The molecule has 170 valence electrons. The molecule has 1 saturated heterocycles. The van der Waals surface area contributed by atoms with E-state index in [1.54, 1.807) is 11.7 Å². The number of rotatable bonds is 5. The van der Waals surface area contributed by atoms with Crippen LogP contribution in [0.5, 0.6) is 5.88 Å². The van der Waals surface area contributed by atoms with E-state index in [0.717, 1.165) is 24.3 Å². The summed E-state index contributed by atoms with van der Waals surface area (Å²) < 4.78 is 5.99. The lowest BCUT2D eigenvalue weighted by molar-refractivity contribution is -0.148. The molecule has 2 N–H and O–H groups in total. The molecule has 0 unspecified atom stereocenters. The molecule has 32 heavy (non-hydrogen) atoms. The largest absolute Gasteiger partial charge is 0.474 e. The van der Waals surface area contributed by atoms with Crippen LogP contribution in [0.2, 0.25) is 0 Å². The quantitative estimate of drug-likeness (QED) is 0.550. The SMILES string of the molecule is Cc1ccnc(O[C@@H]2CC[C@H](C(=O)N3CCN(c4ccccc4)CC3)[C@@H](C(=O)NO)C2)c1. The zero-order valence-electron chi connectivity index (χ0n) is 18.3. The number of amides is 2. The van der Waals surface area contributed by atoms with Crippen LogP contribution in [0.15, 0.2) is 48.7 Å². The van der Waals surface area contributed by atoms with Crippen LogP contribution in [0.25, 0.3) is 0 Å². The second-order valence-electron chi connectivity index (χ2n) is 8.56. The molecule has 1 aromatic carbocycles. The highest BCUT2D eigenvalue weighted by atomic mass is 16.5. The molecule has 0 bridgehead atoms. The van der Waals surface area contributed by atoms with Gasteiger partial charge in [-0.3, -0.25) is 14.8 Å². The number of para-hydroxylation sites is 1. The van der Waals surface area contributed by atoms with Crippen molar-refractivity contribution in [1.82, 2.24) is 15.4 Å². The lowest BCUT2D eigenvalue weighted by atomic mass is 9.76. The molecule has 2 aromatic rings. The maximum atomic E-state index is 13.3. The Kier molecular flexibility index (Phi) is 6.90. The second-order valence-corrected chi connectivity index (χ2v) is 8.56. The molecule has 2 amide bonds. The van der Waals surface area contributed by atoms with Crippen molar-refractivity contribution in [1.29, 1.82) is 0 Å². The van der Waals surface area contributed by atoms with Gasteiger partial charge < -0.3 is 14.5 Å². The Hall–Kier alpha value is -3.13. The van der Waals surface area contributed by atoms with Gasteiger partial charge in [0, 0.05) is 44.1 Å². The fourth-order valence-corrected chi connectivity index (χ4v) is 4.71. The van der Waals surface area contributed by atoms with Gasteiger partial charge in [0.05, 0.1) is 11.8 Å². The minimum Gasteiger partial charge on any atom is -0.474 e. The van der Waals surface area contributed by atoms with Gasteiger partial charge in [-0.1, -0.05) is 18.2 Å². The molecular weight excluding hydrogens is 408 g/mol. The summed E-state index contributed by atoms with van der Waals surface area (Å²) in [5, 5.41) is 9.29. The average Bonchev–Trinajstić information content (AvgIpc) is 2.84. The van der Waals surface area contributed by atoms with Crippen molar-refractivity contribution < 1.29 is 19.5 Å². The molecule has 2 fully saturated rings. The lowest BCUT2D eigenvalue weighted by Crippen LogP contribution is -2.53. The molecular formula is C24H30N4O4. The van der Waals surface area contributed by atoms with E-state index in [4.69, 9.17) is 4.74 Å². The van der Waals surface area contributed by atoms with Gasteiger partial charge in [-0.15, -0.1) is 0 Å². The van der Waals surface area contributed by atoms with E-state index < -0.39 is 17.7 Å². The van der Waals surface area contributed by atoms with Crippen molar-refractivity contribution in [2.24, 2.45) is 11.8 Å². The van der Waals surface area contributed by atoms with E-state index in [1.807, 2.05) is 42.2 Å². The third-order valence-corrected chi connectivity index (χ3v) is 6.46. The number of nitrogens with zero attached hydrogens (tertiary/aromatic N) is 3. The number of hydrogen-bond acceptors (Lipinski definition) is 6. The number of carbonyl (C=O) groups excluding carboxylic acids is 2. The summed E-state index contributed by atoms with van der Waals surface area (Å²) in [5.41, 5.74) is 3.95. The van der Waals surface area contributed by atoms with Crippen molar-refractivity contribution in [3.8, 4) is 5.88 Å². The maximum absolute atomic E-state index is 13.3. The molecule has 1 aromatic heterocycles. The average molecular weight is 439 g/mol. The first-order chi connectivity index (χ1) is 15.5. The third-order valence-electron chi connectivity index (χ3n) is 6.46. The lowest BCUT2D eigenvalue weighted by Gasteiger charge is -2.40. The fourth-order valence-electron chi connectivity index (χ4n) is 4.71. The van der Waals surface area contributed by atoms with Crippen molar-refractivity contribution in [3.63, 3.8) is 0 Å². The summed E-state index contributed by atoms with van der Waals surface area (Å²) in [6, 6.07) is 13.9. The summed E-state index contributed by atoms with van der Waals surface area (Å²) in [6.07, 6.45) is 3.01. The number of aryl methyl sites for hydroxylation is 1. The normalized spacial score (nSPS) is 23.5. The first kappa shape index (κ1) is 22.1. The predicted molar refractivity (Wildman–Crippen MR) is 119 cm³/mol. The Labute approximate surface area is 188 Å². The van der Waals surface area contributed by atoms with E-state index in [2.05, 4.69) is 22.0 Å². The van der Waals surface area contributed by atoms with Gasteiger partial charge >= 0.3 is 0 Å². The van der Waals surface area contributed by atoms with Crippen LogP contribution in [0.4, 0.5) is 5.69 Å². The topological polar surface area (TPSA) is 95.0 Å². The van der Waals surface area contributed by atoms with Crippen molar-refractivity contribution in [2.75, 3.05) is 31.1 Å². The van der Waals surface area contributed by atoms with Gasteiger partial charge in [0.2, 0.25) is 17.7 Å². The summed E-state index contributed by atoms with van der Waals surface area (Å²) in [4.78, 5) is 34.1. The molecule has 8 heteroatoms. The van der Waals surface area contributed by atoms with Crippen LogP contribution in [-0.2, 0) is 9.59 Å². The van der Waals surface area contributed by atoms with Crippen molar-refractivity contribution in [3.05, 3.63) is 54.2 Å². The molecule has 4 rings (SSSR count). The summed E-state index contributed by atoms with van der Waals surface area (Å²) >= 11 is 0. The van der Waals surface area contributed by atoms with Gasteiger partial charge in [0.1, 0.15) is 6.10 Å². The maximum Gasteiger partial charge on any atom is 0.247 e. The van der Waals surface area contributed by atoms with Crippen LogP contribution in [0.1, 0.15) is 24.8 Å². The summed E-state index contributed by atoms with van der Waals surface area (Å²) in [7, 11) is 0. The first-order valence-corrected chi connectivity index (χ1v) is 11.2. The standard InChI is InChI=1S/C24H30N4O4/c1-17-9-10-25-22(15-17)32-19-7-8-20(21(16-19)23(29)26-31)24(30)28-13-11-27(12-14-28)18-5-3-2-4-6-18/h2-6,9-10,15,19-21,31H,7-8,11-14,16H2,1H3,(H,26,29)/t19-,20+,21+/m1/s1. The van der Waals surface area contributed by atoms with E-state index in [-0.39, 0.29) is 12.0 Å². The Morgan fingerprint density at radius 3 is 2.50 bits per heavy atom. The van der Waals surface area contributed by atoms with E-state index in [0.29, 0.717) is 38.2 Å². The van der Waals surface area contributed by atoms with Gasteiger partial charge in [-0.2, -0.15) is 0 Å². The first-order valence-electron chi connectivity index (χ1n) is 11.2. The molecule has 1 aliphatic carbocycles. The van der Waals surface area contributed by atoms with Gasteiger partial charge in [0.15, 0.2) is 0 Å². The van der Waals surface area contributed by atoms with Gasteiger partial charge in [0.25, 0.3) is 0 Å². The Balaban J connectivity index is 1.39. The molecule has 2 aliphatic rings.